The molecule has 0 aliphatic carbocycles. The molecule has 25 heavy (non-hydrogen) atoms. The highest BCUT2D eigenvalue weighted by Crippen LogP contribution is 2.23. The van der Waals surface area contributed by atoms with Gasteiger partial charge in [-0.15, -0.1) is 0 Å². The highest BCUT2D eigenvalue weighted by Gasteiger charge is 2.25. The fraction of sp³-hybridized carbons (Fsp3) is 0.368. The molecule has 132 valence electrons. The Morgan fingerprint density at radius 2 is 1.80 bits per heavy atom. The monoisotopic (exact) mass is 357 g/mol. The minimum atomic E-state index is -3.35. The highest BCUT2D eigenvalue weighted by atomic mass is 32.2. The lowest BCUT2D eigenvalue weighted by Gasteiger charge is -2.26. The van der Waals surface area contributed by atoms with Crippen LogP contribution in [0, 0.1) is 0 Å². The molecule has 0 saturated carbocycles. The Morgan fingerprint density at radius 1 is 1.04 bits per heavy atom. The first-order valence-corrected chi connectivity index (χ1v) is 10.3. The van der Waals surface area contributed by atoms with Crippen molar-refractivity contribution in [3.63, 3.8) is 0 Å². The van der Waals surface area contributed by atoms with E-state index in [9.17, 15) is 8.42 Å². The van der Waals surface area contributed by atoms with E-state index < -0.39 is 10.0 Å². The summed E-state index contributed by atoms with van der Waals surface area (Å²) in [5.41, 5.74) is 3.47. The van der Waals surface area contributed by atoms with Crippen LogP contribution in [0.1, 0.15) is 24.8 Å². The van der Waals surface area contributed by atoms with E-state index in [4.69, 9.17) is 0 Å². The molecule has 5 nitrogen and oxygen atoms in total. The average molecular weight is 357 g/mol. The molecule has 1 saturated heterocycles. The maximum absolute atomic E-state index is 12.7. The Labute approximate surface area is 149 Å². The molecule has 0 bridgehead atoms. The molecule has 3 aliphatic rings. The number of piperidine rings is 1. The Balaban J connectivity index is 1.46. The van der Waals surface area contributed by atoms with E-state index >= 15 is 0 Å². The largest absolute Gasteiger partial charge is 0.380 e. The molecule has 0 spiro atoms. The van der Waals surface area contributed by atoms with Crippen molar-refractivity contribution in [2.24, 2.45) is 0 Å². The van der Waals surface area contributed by atoms with E-state index in [-0.39, 0.29) is 0 Å². The molecular weight excluding hydrogens is 334 g/mol. The summed E-state index contributed by atoms with van der Waals surface area (Å²) in [5, 5.41) is 3.33. The van der Waals surface area contributed by atoms with Crippen molar-refractivity contribution in [1.29, 1.82) is 0 Å². The summed E-state index contributed by atoms with van der Waals surface area (Å²) < 4.78 is 27.0. The van der Waals surface area contributed by atoms with Gasteiger partial charge in [-0.2, -0.15) is 4.31 Å². The molecule has 1 fully saturated rings. The predicted molar refractivity (Wildman–Crippen MR) is 97.9 cm³/mol. The van der Waals surface area contributed by atoms with E-state index in [2.05, 4.69) is 34.8 Å². The van der Waals surface area contributed by atoms with Crippen LogP contribution in [-0.2, 0) is 16.6 Å². The Morgan fingerprint density at radius 3 is 2.56 bits per heavy atom. The van der Waals surface area contributed by atoms with Crippen molar-refractivity contribution in [2.75, 3.05) is 19.6 Å². The molecule has 0 aromatic heterocycles. The van der Waals surface area contributed by atoms with Crippen LogP contribution in [0.5, 0.6) is 0 Å². The fourth-order valence-corrected chi connectivity index (χ4v) is 4.99. The third kappa shape index (κ3) is 3.37. The van der Waals surface area contributed by atoms with E-state index in [1.54, 1.807) is 16.4 Å². The lowest BCUT2D eigenvalue weighted by molar-refractivity contribution is 0.346. The molecule has 0 radical (unpaired) electrons. The van der Waals surface area contributed by atoms with E-state index in [0.717, 1.165) is 43.6 Å². The van der Waals surface area contributed by atoms with E-state index in [0.29, 0.717) is 18.0 Å². The van der Waals surface area contributed by atoms with Crippen molar-refractivity contribution in [3.8, 4) is 0 Å². The predicted octanol–water partition coefficient (Wildman–Crippen LogP) is 2.56. The van der Waals surface area contributed by atoms with Gasteiger partial charge in [0.1, 0.15) is 0 Å². The van der Waals surface area contributed by atoms with Gasteiger partial charge in [0.2, 0.25) is 10.0 Å². The van der Waals surface area contributed by atoms with Gasteiger partial charge in [-0.25, -0.2) is 8.42 Å². The van der Waals surface area contributed by atoms with Gasteiger partial charge in [0.15, 0.2) is 0 Å². The van der Waals surface area contributed by atoms with Crippen LogP contribution in [-0.4, -0.2) is 37.3 Å². The van der Waals surface area contributed by atoms with Crippen LogP contribution in [0.4, 0.5) is 0 Å². The topological polar surface area (TPSA) is 52.7 Å². The van der Waals surface area contributed by atoms with Crippen LogP contribution >= 0.6 is 0 Å². The van der Waals surface area contributed by atoms with Gasteiger partial charge in [0.05, 0.1) is 10.6 Å². The smallest absolute Gasteiger partial charge is 0.243 e. The summed E-state index contributed by atoms with van der Waals surface area (Å²) in [6.07, 6.45) is 11.5. The summed E-state index contributed by atoms with van der Waals surface area (Å²) >= 11 is 0. The standard InChI is InChI=1S/C19H23N3O2S/c23-25(24,22-11-2-1-3-12-22)18-6-4-16(5-7-18)14-21-13-9-17-8-10-20-19(17)15-21/h4-9,13,15,20H,1-3,10-12,14H2. The molecule has 0 atom stereocenters. The van der Waals surface area contributed by atoms with Crippen molar-refractivity contribution >= 4 is 10.0 Å². The molecule has 0 unspecified atom stereocenters. The first-order chi connectivity index (χ1) is 12.1. The second-order valence-corrected chi connectivity index (χ2v) is 8.62. The number of nitrogens with zero attached hydrogens (tertiary/aromatic N) is 2. The highest BCUT2D eigenvalue weighted by molar-refractivity contribution is 7.89. The van der Waals surface area contributed by atoms with Gasteiger partial charge in [0.25, 0.3) is 0 Å². The first kappa shape index (κ1) is 16.4. The van der Waals surface area contributed by atoms with Crippen molar-refractivity contribution in [2.45, 2.75) is 30.7 Å². The van der Waals surface area contributed by atoms with Crippen molar-refractivity contribution < 1.29 is 8.42 Å². The molecule has 3 aliphatic heterocycles. The summed E-state index contributed by atoms with van der Waals surface area (Å²) in [6, 6.07) is 7.30. The van der Waals surface area contributed by atoms with Gasteiger partial charge in [-0.1, -0.05) is 24.6 Å². The molecule has 1 aromatic carbocycles. The van der Waals surface area contributed by atoms with Gasteiger partial charge >= 0.3 is 0 Å². The number of nitrogens with one attached hydrogen (secondary N) is 1. The first-order valence-electron chi connectivity index (χ1n) is 8.82. The van der Waals surface area contributed by atoms with E-state index in [1.165, 1.54) is 5.57 Å². The SMILES string of the molecule is O=S(=O)(c1ccc(CN2C=CC3=CCNC3=C2)cc1)N1CCCCC1. The van der Waals surface area contributed by atoms with Crippen LogP contribution < -0.4 is 5.32 Å². The third-order valence-electron chi connectivity index (χ3n) is 4.91. The summed E-state index contributed by atoms with van der Waals surface area (Å²) in [7, 11) is -3.35. The normalized spacial score (nSPS) is 20.7. The number of benzene rings is 1. The summed E-state index contributed by atoms with van der Waals surface area (Å²) in [6.45, 7) is 2.87. The third-order valence-corrected chi connectivity index (χ3v) is 6.82. The molecular formula is C19H23N3O2S. The number of allylic oxidation sites excluding steroid dienone is 1. The zero-order valence-corrected chi connectivity index (χ0v) is 15.0. The van der Waals surface area contributed by atoms with Crippen LogP contribution in [0.15, 0.2) is 65.0 Å². The number of sulfonamides is 1. The van der Waals surface area contributed by atoms with Crippen molar-refractivity contribution in [1.82, 2.24) is 14.5 Å². The second kappa shape index (κ2) is 6.69. The van der Waals surface area contributed by atoms with Crippen LogP contribution in [0.2, 0.25) is 0 Å². The Kier molecular flexibility index (Phi) is 4.39. The minimum absolute atomic E-state index is 0.397. The van der Waals surface area contributed by atoms with Crippen molar-refractivity contribution in [3.05, 3.63) is 65.7 Å². The zero-order valence-electron chi connectivity index (χ0n) is 14.2. The molecule has 3 heterocycles. The summed E-state index contributed by atoms with van der Waals surface area (Å²) in [4.78, 5) is 2.51. The molecule has 6 heteroatoms. The molecule has 4 rings (SSSR count). The van der Waals surface area contributed by atoms with Gasteiger partial charge < -0.3 is 10.2 Å². The minimum Gasteiger partial charge on any atom is -0.380 e. The Bertz CT molecular complexity index is 832. The number of rotatable bonds is 4. The fourth-order valence-electron chi connectivity index (χ4n) is 3.48. The van der Waals surface area contributed by atoms with Crippen LogP contribution in [0.25, 0.3) is 0 Å². The maximum Gasteiger partial charge on any atom is 0.243 e. The second-order valence-electron chi connectivity index (χ2n) is 6.68. The maximum atomic E-state index is 12.7. The quantitative estimate of drug-likeness (QED) is 0.900. The van der Waals surface area contributed by atoms with Crippen LogP contribution in [0.3, 0.4) is 0 Å². The van der Waals surface area contributed by atoms with Gasteiger partial charge in [0, 0.05) is 38.6 Å². The van der Waals surface area contributed by atoms with E-state index in [1.807, 2.05) is 12.1 Å². The number of fused-ring (bicyclic) bond motifs is 1. The molecule has 0 amide bonds. The number of hydrogen-bond donors (Lipinski definition) is 1. The van der Waals surface area contributed by atoms with Gasteiger partial charge in [-0.05, 0) is 42.2 Å². The van der Waals surface area contributed by atoms with Gasteiger partial charge in [-0.3, -0.25) is 0 Å². The molecule has 1 aromatic rings. The Hall–Kier alpha value is -2.05. The lowest BCUT2D eigenvalue weighted by Crippen LogP contribution is -2.35. The zero-order chi connectivity index (χ0) is 17.3. The lowest BCUT2D eigenvalue weighted by atomic mass is 10.1. The average Bonchev–Trinajstić information content (AvgIpc) is 3.11. The summed E-state index contributed by atoms with van der Waals surface area (Å²) in [5.74, 6) is 0. The molecule has 1 N–H and O–H groups in total. The number of hydrogen-bond acceptors (Lipinski definition) is 4.